The quantitative estimate of drug-likeness (QED) is 0.502. The third-order valence-electron chi connectivity index (χ3n) is 3.12. The Kier molecular flexibility index (Phi) is 6.04. The van der Waals surface area contributed by atoms with E-state index in [1.807, 2.05) is 26.4 Å². The molecule has 0 radical (unpaired) electrons. The molecule has 1 aliphatic heterocycles. The first-order valence-electron chi connectivity index (χ1n) is 6.90. The lowest BCUT2D eigenvalue weighted by Crippen LogP contribution is -2.35. The highest BCUT2D eigenvalue weighted by Gasteiger charge is 2.10. The minimum Gasteiger partial charge on any atom is -0.379 e. The molecule has 0 aliphatic carbocycles. The molecule has 1 fully saturated rings. The molecule has 0 amide bonds. The molecule has 0 atom stereocenters. The summed E-state index contributed by atoms with van der Waals surface area (Å²) in [6, 6.07) is 4.04. The molecule has 6 nitrogen and oxygen atoms in total. The Morgan fingerprint density at radius 1 is 1.48 bits per heavy atom. The number of pyridine rings is 1. The number of aromatic nitrogens is 1. The van der Waals surface area contributed by atoms with Gasteiger partial charge in [-0.1, -0.05) is 6.07 Å². The van der Waals surface area contributed by atoms with Crippen LogP contribution in [0.2, 0.25) is 0 Å². The van der Waals surface area contributed by atoms with Crippen LogP contribution in [0.5, 0.6) is 0 Å². The average molecular weight is 307 g/mol. The molecule has 1 aliphatic rings. The maximum absolute atomic E-state index is 5.34. The lowest BCUT2D eigenvalue weighted by molar-refractivity contribution is 0.0341. The molecule has 0 bridgehead atoms. The van der Waals surface area contributed by atoms with Crippen LogP contribution in [0.3, 0.4) is 0 Å². The minimum absolute atomic E-state index is 0.565. The topological polar surface area (TPSA) is 53.0 Å². The van der Waals surface area contributed by atoms with Gasteiger partial charge in [-0.25, -0.2) is 0 Å². The van der Waals surface area contributed by atoms with E-state index in [-0.39, 0.29) is 0 Å². The van der Waals surface area contributed by atoms with Gasteiger partial charge in [0, 0.05) is 39.9 Å². The fourth-order valence-corrected chi connectivity index (χ4v) is 1.93. The SMILES string of the molecule is CN(C)C(=S)N/N=C\c1ccc(CN2CCOCC2)cn1. The van der Waals surface area contributed by atoms with Crippen LogP contribution in [-0.2, 0) is 11.3 Å². The number of nitrogens with one attached hydrogen (secondary N) is 1. The second-order valence-corrected chi connectivity index (χ2v) is 5.44. The van der Waals surface area contributed by atoms with E-state index in [4.69, 9.17) is 17.0 Å². The number of morpholine rings is 1. The van der Waals surface area contributed by atoms with Gasteiger partial charge in [-0.15, -0.1) is 0 Å². The predicted octanol–water partition coefficient (Wildman–Crippen LogP) is 0.684. The van der Waals surface area contributed by atoms with E-state index in [2.05, 4.69) is 26.5 Å². The normalized spacial score (nSPS) is 16.1. The average Bonchev–Trinajstić information content (AvgIpc) is 2.50. The van der Waals surface area contributed by atoms with E-state index >= 15 is 0 Å². The number of nitrogens with zero attached hydrogens (tertiary/aromatic N) is 4. The largest absolute Gasteiger partial charge is 0.379 e. The van der Waals surface area contributed by atoms with Gasteiger partial charge in [0.1, 0.15) is 0 Å². The summed E-state index contributed by atoms with van der Waals surface area (Å²) in [6.07, 6.45) is 3.55. The summed E-state index contributed by atoms with van der Waals surface area (Å²) in [7, 11) is 3.73. The number of rotatable bonds is 4. The van der Waals surface area contributed by atoms with Crippen LogP contribution in [0.4, 0.5) is 0 Å². The highest BCUT2D eigenvalue weighted by atomic mass is 32.1. The standard InChI is InChI=1S/C14H21N5OS/c1-18(2)14(21)17-16-10-13-4-3-12(9-15-13)11-19-5-7-20-8-6-19/h3-4,9-10H,5-8,11H2,1-2H3,(H,17,21)/b16-10-. The Hall–Kier alpha value is -1.57. The van der Waals surface area contributed by atoms with Gasteiger partial charge in [-0.05, 0) is 23.8 Å². The Bertz CT molecular complexity index is 483. The van der Waals surface area contributed by atoms with Crippen LogP contribution >= 0.6 is 12.2 Å². The molecule has 1 saturated heterocycles. The summed E-state index contributed by atoms with van der Waals surface area (Å²) in [6.45, 7) is 4.51. The van der Waals surface area contributed by atoms with Gasteiger partial charge in [0.05, 0.1) is 25.1 Å². The van der Waals surface area contributed by atoms with Gasteiger partial charge in [0.15, 0.2) is 5.11 Å². The van der Waals surface area contributed by atoms with Crippen molar-refractivity contribution in [3.05, 3.63) is 29.6 Å². The summed E-state index contributed by atoms with van der Waals surface area (Å²) in [5.74, 6) is 0. The van der Waals surface area contributed by atoms with Crippen molar-refractivity contribution < 1.29 is 4.74 Å². The van der Waals surface area contributed by atoms with Gasteiger partial charge < -0.3 is 9.64 Å². The molecule has 1 aromatic rings. The Morgan fingerprint density at radius 2 is 2.24 bits per heavy atom. The summed E-state index contributed by atoms with van der Waals surface area (Å²) < 4.78 is 5.34. The van der Waals surface area contributed by atoms with Crippen molar-refractivity contribution in [2.45, 2.75) is 6.54 Å². The van der Waals surface area contributed by atoms with Gasteiger partial charge in [0.2, 0.25) is 0 Å². The van der Waals surface area contributed by atoms with E-state index in [0.717, 1.165) is 38.5 Å². The van der Waals surface area contributed by atoms with Crippen LogP contribution in [0.1, 0.15) is 11.3 Å². The van der Waals surface area contributed by atoms with Gasteiger partial charge in [-0.2, -0.15) is 5.10 Å². The van der Waals surface area contributed by atoms with Crippen LogP contribution in [0.25, 0.3) is 0 Å². The van der Waals surface area contributed by atoms with E-state index in [1.54, 1.807) is 11.1 Å². The first kappa shape index (κ1) is 15.8. The number of hydrogen-bond acceptors (Lipinski definition) is 5. The van der Waals surface area contributed by atoms with E-state index in [0.29, 0.717) is 5.11 Å². The van der Waals surface area contributed by atoms with Crippen molar-refractivity contribution in [1.82, 2.24) is 20.2 Å². The molecule has 7 heteroatoms. The molecule has 0 unspecified atom stereocenters. The maximum atomic E-state index is 5.34. The molecule has 1 aromatic heterocycles. The molecule has 21 heavy (non-hydrogen) atoms. The number of thiocarbonyl (C=S) groups is 1. The molecular weight excluding hydrogens is 286 g/mol. The fourth-order valence-electron chi connectivity index (χ4n) is 1.88. The van der Waals surface area contributed by atoms with Crippen molar-refractivity contribution >= 4 is 23.5 Å². The molecule has 2 rings (SSSR count). The van der Waals surface area contributed by atoms with Crippen molar-refractivity contribution in [3.63, 3.8) is 0 Å². The highest BCUT2D eigenvalue weighted by molar-refractivity contribution is 7.80. The molecule has 2 heterocycles. The number of ether oxygens (including phenoxy) is 1. The predicted molar refractivity (Wildman–Crippen MR) is 87.3 cm³/mol. The van der Waals surface area contributed by atoms with E-state index in [1.165, 1.54) is 5.56 Å². The second kappa shape index (κ2) is 8.02. The van der Waals surface area contributed by atoms with E-state index in [9.17, 15) is 0 Å². The minimum atomic E-state index is 0.565. The summed E-state index contributed by atoms with van der Waals surface area (Å²) in [5, 5.41) is 4.63. The van der Waals surface area contributed by atoms with Gasteiger partial charge >= 0.3 is 0 Å². The molecule has 0 spiro atoms. The van der Waals surface area contributed by atoms with Crippen LogP contribution < -0.4 is 5.43 Å². The summed E-state index contributed by atoms with van der Waals surface area (Å²) >= 11 is 5.07. The van der Waals surface area contributed by atoms with Gasteiger partial charge in [-0.3, -0.25) is 15.3 Å². The first-order valence-corrected chi connectivity index (χ1v) is 7.31. The zero-order chi connectivity index (χ0) is 15.1. The Labute approximate surface area is 130 Å². The zero-order valence-electron chi connectivity index (χ0n) is 12.5. The highest BCUT2D eigenvalue weighted by Crippen LogP contribution is 2.06. The monoisotopic (exact) mass is 307 g/mol. The van der Waals surface area contributed by atoms with Gasteiger partial charge in [0.25, 0.3) is 0 Å². The lowest BCUT2D eigenvalue weighted by Gasteiger charge is -2.26. The third-order valence-corrected chi connectivity index (χ3v) is 3.58. The molecule has 0 saturated carbocycles. The van der Waals surface area contributed by atoms with E-state index < -0.39 is 0 Å². The zero-order valence-corrected chi connectivity index (χ0v) is 13.3. The van der Waals surface area contributed by atoms with Crippen molar-refractivity contribution in [3.8, 4) is 0 Å². The molecule has 0 aromatic carbocycles. The summed E-state index contributed by atoms with van der Waals surface area (Å²) in [5.41, 5.74) is 4.78. The first-order chi connectivity index (χ1) is 10.1. The molecule has 1 N–H and O–H groups in total. The maximum Gasteiger partial charge on any atom is 0.189 e. The van der Waals surface area contributed by atoms with Crippen LogP contribution in [0, 0.1) is 0 Å². The van der Waals surface area contributed by atoms with Crippen LogP contribution in [0.15, 0.2) is 23.4 Å². The Balaban J connectivity index is 1.83. The molecular formula is C14H21N5OS. The number of hydrogen-bond donors (Lipinski definition) is 1. The van der Waals surface area contributed by atoms with Crippen molar-refractivity contribution in [1.29, 1.82) is 0 Å². The molecule has 114 valence electrons. The lowest BCUT2D eigenvalue weighted by atomic mass is 10.2. The summed E-state index contributed by atoms with van der Waals surface area (Å²) in [4.78, 5) is 8.53. The fraction of sp³-hybridized carbons (Fsp3) is 0.500. The smallest absolute Gasteiger partial charge is 0.189 e. The Morgan fingerprint density at radius 3 is 2.86 bits per heavy atom. The van der Waals surface area contributed by atoms with Crippen molar-refractivity contribution in [2.24, 2.45) is 5.10 Å². The van der Waals surface area contributed by atoms with Crippen molar-refractivity contribution in [2.75, 3.05) is 40.4 Å². The third kappa shape index (κ3) is 5.37. The van der Waals surface area contributed by atoms with Crippen LogP contribution in [-0.4, -0.2) is 66.5 Å². The second-order valence-electron chi connectivity index (χ2n) is 5.05. The number of hydrazone groups is 1.